The smallest absolute Gasteiger partial charge is 0.462 e. The number of hydrogen-bond donors (Lipinski definition) is 4. The summed E-state index contributed by atoms with van der Waals surface area (Å²) in [5.74, 6) is 3.43. The molecule has 1 saturated heterocycles. The average Bonchev–Trinajstić information content (AvgIpc) is 3.32. The van der Waals surface area contributed by atoms with Gasteiger partial charge in [-0.05, 0) is 111 Å². The second-order valence-electron chi connectivity index (χ2n) is 27.6. The van der Waals surface area contributed by atoms with E-state index in [1.165, 1.54) is 166 Å². The fourth-order valence-corrected chi connectivity index (χ4v) is 16.5. The van der Waals surface area contributed by atoms with E-state index in [1.807, 2.05) is 0 Å². The van der Waals surface area contributed by atoms with E-state index >= 15 is 0 Å². The predicted octanol–water partition coefficient (Wildman–Crippen LogP) is 16.8. The Bertz CT molecular complexity index is 1850. The molecule has 4 N–H and O–H groups in total. The third kappa shape index (κ3) is 23.6. The van der Waals surface area contributed by atoms with Crippen molar-refractivity contribution in [2.75, 3.05) is 19.8 Å². The van der Waals surface area contributed by atoms with E-state index < -0.39 is 69.8 Å². The van der Waals surface area contributed by atoms with Gasteiger partial charge in [-0.15, -0.1) is 0 Å². The van der Waals surface area contributed by atoms with Gasteiger partial charge in [-0.25, -0.2) is 4.57 Å². The van der Waals surface area contributed by atoms with E-state index in [0.717, 1.165) is 81.5 Å². The van der Waals surface area contributed by atoms with Crippen LogP contribution in [0.5, 0.6) is 0 Å². The molecule has 3 saturated carbocycles. The number of phosphoric acid groups is 1. The maximum atomic E-state index is 13.4. The van der Waals surface area contributed by atoms with Crippen LogP contribution in [-0.2, 0) is 42.1 Å². The third-order valence-electron chi connectivity index (χ3n) is 20.8. The Morgan fingerprint density at radius 3 is 1.74 bits per heavy atom. The van der Waals surface area contributed by atoms with Gasteiger partial charge in [0.1, 0.15) is 31.0 Å². The molecule has 1 heterocycles. The van der Waals surface area contributed by atoms with Gasteiger partial charge in [-0.1, -0.05) is 233 Å². The molecule has 0 amide bonds. The van der Waals surface area contributed by atoms with Crippen molar-refractivity contribution in [2.45, 2.75) is 342 Å². The zero-order valence-electron chi connectivity index (χ0n) is 53.2. The van der Waals surface area contributed by atoms with E-state index in [1.54, 1.807) is 0 Å². The number of fused-ring (bicyclic) bond motifs is 5. The Balaban J connectivity index is 1.07. The lowest BCUT2D eigenvalue weighted by molar-refractivity contribution is -0.312. The topological polar surface area (TPSA) is 188 Å². The number of hydrogen-bond acceptors (Lipinski definition) is 12. The van der Waals surface area contributed by atoms with Crippen LogP contribution in [-0.4, -0.2) is 94.9 Å². The number of allylic oxidation sites excluding steroid dienone is 1. The second kappa shape index (κ2) is 38.1. The maximum Gasteiger partial charge on any atom is 0.472 e. The largest absolute Gasteiger partial charge is 0.472 e. The summed E-state index contributed by atoms with van der Waals surface area (Å²) >= 11 is 0. The second-order valence-corrected chi connectivity index (χ2v) is 29.1. The third-order valence-corrected chi connectivity index (χ3v) is 21.7. The van der Waals surface area contributed by atoms with E-state index in [0.29, 0.717) is 36.5 Å². The Morgan fingerprint density at radius 2 is 1.18 bits per heavy atom. The van der Waals surface area contributed by atoms with Crippen LogP contribution in [0.25, 0.3) is 0 Å². The molecule has 0 bridgehead atoms. The van der Waals surface area contributed by atoms with Crippen molar-refractivity contribution < 1.29 is 62.4 Å². The lowest BCUT2D eigenvalue weighted by atomic mass is 9.47. The van der Waals surface area contributed by atoms with E-state index in [2.05, 4.69) is 54.5 Å². The number of ether oxygens (including phenoxy) is 4. The van der Waals surface area contributed by atoms with Crippen molar-refractivity contribution in [3.05, 3.63) is 11.6 Å². The fourth-order valence-electron chi connectivity index (χ4n) is 15.7. The lowest BCUT2D eigenvalue weighted by Crippen LogP contribution is -2.60. The summed E-state index contributed by atoms with van der Waals surface area (Å²) in [5, 5.41) is 33.2. The van der Waals surface area contributed by atoms with Crippen molar-refractivity contribution in [2.24, 2.45) is 46.3 Å². The Morgan fingerprint density at radius 1 is 0.634 bits per heavy atom. The van der Waals surface area contributed by atoms with Crippen LogP contribution in [0, 0.1) is 46.3 Å². The number of rotatable bonds is 44. The van der Waals surface area contributed by atoms with E-state index in [4.69, 9.17) is 28.0 Å². The molecule has 82 heavy (non-hydrogen) atoms. The molecule has 0 radical (unpaired) electrons. The summed E-state index contributed by atoms with van der Waals surface area (Å²) in [7, 11) is -4.89. The quantitative estimate of drug-likeness (QED) is 0.0195. The highest BCUT2D eigenvalue weighted by molar-refractivity contribution is 7.47. The van der Waals surface area contributed by atoms with Crippen molar-refractivity contribution >= 4 is 19.8 Å². The summed E-state index contributed by atoms with van der Waals surface area (Å²) in [5.41, 5.74) is 1.88. The molecule has 1 aliphatic heterocycles. The Hall–Kier alpha value is -1.41. The monoisotopic (exact) mass is 1180 g/mol. The molecule has 4 aliphatic carbocycles. The zero-order valence-corrected chi connectivity index (χ0v) is 54.1. The van der Waals surface area contributed by atoms with Gasteiger partial charge in [0.05, 0.1) is 19.3 Å². The number of esters is 2. The van der Waals surface area contributed by atoms with Gasteiger partial charge in [-0.3, -0.25) is 18.6 Å². The molecular formula is C68H123O13P. The molecule has 4 fully saturated rings. The van der Waals surface area contributed by atoms with Gasteiger partial charge < -0.3 is 39.2 Å². The zero-order chi connectivity index (χ0) is 59.4. The highest BCUT2D eigenvalue weighted by atomic mass is 31.2. The summed E-state index contributed by atoms with van der Waals surface area (Å²) in [6.45, 7) is 15.1. The number of aliphatic hydroxyl groups is 3. The van der Waals surface area contributed by atoms with Gasteiger partial charge in [0.25, 0.3) is 0 Å². The van der Waals surface area contributed by atoms with Crippen LogP contribution < -0.4 is 0 Å². The summed E-state index contributed by atoms with van der Waals surface area (Å²) in [4.78, 5) is 36.9. The normalized spacial score (nSPS) is 30.5. The minimum absolute atomic E-state index is 0.0716. The van der Waals surface area contributed by atoms with Gasteiger partial charge in [0.15, 0.2) is 12.4 Å². The Kier molecular flexibility index (Phi) is 33.1. The molecule has 5 rings (SSSR count). The van der Waals surface area contributed by atoms with Crippen LogP contribution in [0.2, 0.25) is 0 Å². The molecule has 15 atom stereocenters. The first-order valence-corrected chi connectivity index (χ1v) is 35.9. The standard InChI is InChI=1S/C68H123O13P/c1-8-10-12-14-16-18-20-22-24-26-28-30-32-37-61(69)76-48-55(79-62(70)38-33-31-29-27-25-23-21-19-17-15-13-11-9-2)49-77-82(74,75)78-50-60-63(71)64(72)65(73)66(81-60)80-54-43-45-67(6)53(47-54)39-40-56-58-42-41-57(52(5)36-34-35-51(3)4)68(58,7)46-44-59(56)67/h39,51-52,54-60,63-66,71-73H,8-38,40-50H2,1-7H3,(H,74,75)/t52-,54+,55?,56+,57-,58+,59+,60?,63?,64?,65?,66?,67+,68-/m1/s1. The van der Waals surface area contributed by atoms with Crippen LogP contribution in [0.15, 0.2) is 11.6 Å². The van der Waals surface area contributed by atoms with Crippen LogP contribution in [0.1, 0.15) is 299 Å². The van der Waals surface area contributed by atoms with Gasteiger partial charge in [0.2, 0.25) is 0 Å². The molecule has 0 aromatic heterocycles. The van der Waals surface area contributed by atoms with Gasteiger partial charge >= 0.3 is 19.8 Å². The lowest BCUT2D eigenvalue weighted by Gasteiger charge is -2.58. The van der Waals surface area contributed by atoms with E-state index in [9.17, 15) is 34.4 Å². The van der Waals surface area contributed by atoms with Crippen molar-refractivity contribution in [3.63, 3.8) is 0 Å². The molecule has 13 nitrogen and oxygen atoms in total. The van der Waals surface area contributed by atoms with Crippen LogP contribution in [0.3, 0.4) is 0 Å². The SMILES string of the molecule is CCCCCCCCCCCCCCCC(=O)OCC(COP(=O)(O)OCC1OC(O[C@H]2CC[C@@]3(C)C(=CC[C@H]4[C@@H]5CC[C@H]([C@H](C)CCCC(C)C)[C@@]5(C)CC[C@@H]43)C2)C(O)C(O)C1O)OC(=O)CCCCCCCCCCCCCCC. The predicted molar refractivity (Wildman–Crippen MR) is 328 cm³/mol. The minimum atomic E-state index is -4.89. The highest BCUT2D eigenvalue weighted by Gasteiger charge is 2.59. The molecule has 14 heteroatoms. The summed E-state index contributed by atoms with van der Waals surface area (Å²) in [6.07, 6.45) is 37.2. The van der Waals surface area contributed by atoms with Crippen LogP contribution in [0.4, 0.5) is 0 Å². The first-order valence-electron chi connectivity index (χ1n) is 34.4. The number of unbranched alkanes of at least 4 members (excludes halogenated alkanes) is 24. The van der Waals surface area contributed by atoms with Gasteiger partial charge in [0, 0.05) is 12.8 Å². The molecule has 0 aromatic carbocycles. The molecule has 7 unspecified atom stereocenters. The molecule has 478 valence electrons. The number of aliphatic hydroxyl groups excluding tert-OH is 3. The Labute approximate surface area is 499 Å². The summed E-state index contributed by atoms with van der Waals surface area (Å²) < 4.78 is 47.8. The first kappa shape index (κ1) is 71.3. The molecule has 0 spiro atoms. The first-order chi connectivity index (χ1) is 39.4. The maximum absolute atomic E-state index is 13.4. The number of phosphoric ester groups is 1. The van der Waals surface area contributed by atoms with Crippen molar-refractivity contribution in [3.8, 4) is 0 Å². The number of carbonyl (C=O) groups is 2. The minimum Gasteiger partial charge on any atom is -0.462 e. The summed E-state index contributed by atoms with van der Waals surface area (Å²) in [6, 6.07) is 0. The molecule has 0 aromatic rings. The van der Waals surface area contributed by atoms with Crippen LogP contribution >= 0.6 is 7.82 Å². The van der Waals surface area contributed by atoms with Crippen molar-refractivity contribution in [1.82, 2.24) is 0 Å². The van der Waals surface area contributed by atoms with Crippen molar-refractivity contribution in [1.29, 1.82) is 0 Å². The average molecular weight is 1180 g/mol. The molecular weight excluding hydrogens is 1060 g/mol. The highest BCUT2D eigenvalue weighted by Crippen LogP contribution is 2.67. The number of carbonyl (C=O) groups excluding carboxylic acids is 2. The van der Waals surface area contributed by atoms with E-state index in [-0.39, 0.29) is 31.0 Å². The fraction of sp³-hybridized carbons (Fsp3) is 0.941. The molecule has 5 aliphatic rings. The van der Waals surface area contributed by atoms with Gasteiger partial charge in [-0.2, -0.15) is 0 Å².